The fourth-order valence-electron chi connectivity index (χ4n) is 13.4. The average molecular weight is 1670 g/mol. The molecular formula is C72H120N24O22. The van der Waals surface area contributed by atoms with Crippen molar-refractivity contribution in [1.29, 1.82) is 0 Å². The molecule has 118 heavy (non-hydrogen) atoms. The maximum Gasteiger partial charge on any atom is 0.326 e. The summed E-state index contributed by atoms with van der Waals surface area (Å²) in [7, 11) is 0. The van der Waals surface area contributed by atoms with Crippen molar-refractivity contribution in [3.8, 4) is 0 Å². The van der Waals surface area contributed by atoms with Gasteiger partial charge in [0.05, 0.1) is 32.1 Å². The van der Waals surface area contributed by atoms with Crippen LogP contribution >= 0.6 is 0 Å². The van der Waals surface area contributed by atoms with Crippen LogP contribution in [0.3, 0.4) is 0 Å². The average Bonchev–Trinajstić information content (AvgIpc) is 1.63. The molecule has 4 heterocycles. The molecule has 0 saturated carbocycles. The van der Waals surface area contributed by atoms with Crippen molar-refractivity contribution >= 4 is 113 Å². The SMILES string of the molecule is CC[C@H](C)[C@H](NC(=O)[C@H](CO)NC(=O)[C@@H]1CCCN1C(=O)[C@H](C)NC(=O)[C@H](CCCN=C(N)N)NC(=O)[C@H](CO)NC(=O)CNC(=O)[C@@H]1CCCN1C(=O)[C@@H]1CCCN1C(=O)[C@H](Cc1cnc[nH]1)NC(=O)[C@H](CC(C)C)NC(=O)[C@H](CCC(=O)O)NC(=O)[C@@H](N)CCC(=O)O)C(=O)N[C@@H](CCCN=C(N)N)C(=O)N[C@@H](CCCCN)C(=O)O. The molecule has 3 saturated heterocycles. The number of imidazole rings is 1. The Kier molecular flexibility index (Phi) is 42.1. The zero-order chi connectivity index (χ0) is 88.0. The fourth-order valence-corrected chi connectivity index (χ4v) is 13.4. The molecule has 0 bridgehead atoms. The third-order valence-corrected chi connectivity index (χ3v) is 20.0. The van der Waals surface area contributed by atoms with E-state index in [1.54, 1.807) is 27.7 Å². The van der Waals surface area contributed by atoms with Gasteiger partial charge in [0.15, 0.2) is 11.9 Å². The normalized spacial score (nSPS) is 18.1. The smallest absolute Gasteiger partial charge is 0.326 e. The van der Waals surface area contributed by atoms with E-state index in [0.717, 1.165) is 4.90 Å². The first kappa shape index (κ1) is 98.9. The van der Waals surface area contributed by atoms with Crippen LogP contribution in [0.1, 0.15) is 162 Å². The largest absolute Gasteiger partial charge is 0.481 e. The van der Waals surface area contributed by atoms with E-state index < -0.39 is 230 Å². The van der Waals surface area contributed by atoms with Crippen LogP contribution in [0.4, 0.5) is 0 Å². The Bertz CT molecular complexity index is 3670. The number of hydrogen-bond donors (Lipinski definition) is 23. The molecule has 29 N–H and O–H groups in total. The van der Waals surface area contributed by atoms with Gasteiger partial charge >= 0.3 is 17.9 Å². The van der Waals surface area contributed by atoms with Crippen LogP contribution in [0, 0.1) is 11.8 Å². The fraction of sp³-hybridized carbons (Fsp3) is 0.694. The standard InChI is InChI=1S/C72H120N24O22/c1-6-38(4)56(66(113)88-43(16-10-26-81-72(77)78)59(106)89-45(70(117)118)14-7-8-24-73)93-63(110)49(35-98)92-65(112)51-18-12-27-94(51)67(114)39(5)84-58(105)42(15-9-25-80-71(75)76)87-62(109)48(34-97)85-53(99)33-82-64(111)50-17-11-28-95(50)69(116)52-19-13-29-96(52)68(115)47(31-40-32-79-36-83-40)91-61(108)46(30-37(2)3)90-60(107)44(21-23-55(102)103)86-57(104)41(74)20-22-54(100)101/h32,36-39,41-52,56,97-98H,6-31,33-35,73-74H2,1-5H3,(H,79,83)(H,82,111)(H,84,105)(H,85,99)(H,86,104)(H,87,109)(H,88,113)(H,89,106)(H,90,107)(H,91,108)(H,92,112)(H,93,110)(H,100,101)(H,102,103)(H,117,118)(H4,75,76,80)(H4,77,78,81)/t38-,39-,41-,42-,43-,44-,45-,46-,47-,48-,49-,50-,51-,52-,56-/m0/s1. The Morgan fingerprint density at radius 2 is 0.983 bits per heavy atom. The quantitative estimate of drug-likeness (QED) is 0.0164. The molecule has 4 rings (SSSR count). The van der Waals surface area contributed by atoms with E-state index in [2.05, 4.69) is 78.4 Å². The van der Waals surface area contributed by atoms with Crippen LogP contribution in [-0.2, 0) is 87.9 Å². The topological polar surface area (TPSA) is 743 Å². The molecule has 0 aliphatic carbocycles. The number of hydrogen-bond acceptors (Lipinski definition) is 24. The highest BCUT2D eigenvalue weighted by Gasteiger charge is 2.46. The number of amides is 14. The minimum absolute atomic E-state index is 0.0250. The molecule has 0 unspecified atom stereocenters. The summed E-state index contributed by atoms with van der Waals surface area (Å²) < 4.78 is 0. The molecule has 46 nitrogen and oxygen atoms in total. The summed E-state index contributed by atoms with van der Waals surface area (Å²) in [4.78, 5) is 249. The zero-order valence-corrected chi connectivity index (χ0v) is 67.2. The highest BCUT2D eigenvalue weighted by atomic mass is 16.4. The van der Waals surface area contributed by atoms with Crippen molar-refractivity contribution in [3.05, 3.63) is 18.2 Å². The molecule has 0 spiro atoms. The van der Waals surface area contributed by atoms with Crippen molar-refractivity contribution in [2.24, 2.45) is 56.2 Å². The van der Waals surface area contributed by atoms with Gasteiger partial charge < -0.3 is 138 Å². The van der Waals surface area contributed by atoms with Gasteiger partial charge in [-0.1, -0.05) is 34.1 Å². The van der Waals surface area contributed by atoms with Gasteiger partial charge in [0.25, 0.3) is 0 Å². The molecule has 46 heteroatoms. The summed E-state index contributed by atoms with van der Waals surface area (Å²) in [5.74, 6) is -17.9. The predicted octanol–water partition coefficient (Wildman–Crippen LogP) is -8.64. The summed E-state index contributed by atoms with van der Waals surface area (Å²) in [6.45, 7) is 5.52. The molecule has 0 aromatic carbocycles. The first-order chi connectivity index (χ1) is 55.9. The van der Waals surface area contributed by atoms with Gasteiger partial charge in [0.1, 0.15) is 78.5 Å². The minimum Gasteiger partial charge on any atom is -0.481 e. The van der Waals surface area contributed by atoms with Crippen molar-refractivity contribution in [2.45, 2.75) is 248 Å². The van der Waals surface area contributed by atoms with Gasteiger partial charge in [-0.3, -0.25) is 86.7 Å². The van der Waals surface area contributed by atoms with E-state index in [1.165, 1.54) is 29.2 Å². The number of aliphatic hydroxyl groups excluding tert-OH is 2. The lowest BCUT2D eigenvalue weighted by atomic mass is 9.97. The molecule has 3 aliphatic rings. The number of carbonyl (C=O) groups excluding carboxylic acids is 14. The number of likely N-dealkylation sites (tertiary alicyclic amines) is 3. The van der Waals surface area contributed by atoms with Crippen LogP contribution in [0.15, 0.2) is 22.5 Å². The number of unbranched alkanes of at least 4 members (excludes halogenated alkanes) is 1. The number of guanidine groups is 2. The number of aromatic nitrogens is 2. The van der Waals surface area contributed by atoms with Crippen molar-refractivity contribution < 1.29 is 107 Å². The number of H-pyrrole nitrogens is 1. The van der Waals surface area contributed by atoms with Crippen LogP contribution in [0.25, 0.3) is 0 Å². The van der Waals surface area contributed by atoms with E-state index in [4.69, 9.17) is 39.5 Å². The summed E-state index contributed by atoms with van der Waals surface area (Å²) in [6.07, 6.45) is 2.88. The molecule has 1 aromatic rings. The van der Waals surface area contributed by atoms with E-state index in [-0.39, 0.29) is 141 Å². The lowest BCUT2D eigenvalue weighted by Crippen LogP contribution is -2.61. The number of nitrogens with one attached hydrogen (secondary N) is 12. The van der Waals surface area contributed by atoms with Crippen LogP contribution in [0.5, 0.6) is 0 Å². The maximum absolute atomic E-state index is 14.8. The minimum atomic E-state index is -1.77. The number of aliphatic hydroxyl groups is 2. The number of nitrogens with zero attached hydrogens (tertiary/aromatic N) is 6. The summed E-state index contributed by atoms with van der Waals surface area (Å²) in [5.41, 5.74) is 33.7. The second kappa shape index (κ2) is 50.3. The van der Waals surface area contributed by atoms with Gasteiger partial charge in [0.2, 0.25) is 82.7 Å². The number of aliphatic carboxylic acids is 3. The number of aromatic amines is 1. The Balaban J connectivity index is 1.42. The number of carbonyl (C=O) groups is 17. The van der Waals surface area contributed by atoms with Gasteiger partial charge in [0, 0.05) is 63.9 Å². The number of aliphatic imine (C=N–C) groups is 2. The van der Waals surface area contributed by atoms with Gasteiger partial charge in [-0.15, -0.1) is 0 Å². The summed E-state index contributed by atoms with van der Waals surface area (Å²) in [5, 5.41) is 76.6. The first-order valence-corrected chi connectivity index (χ1v) is 39.5. The molecule has 0 radical (unpaired) electrons. The Labute approximate surface area is 681 Å². The molecule has 1 aromatic heterocycles. The summed E-state index contributed by atoms with van der Waals surface area (Å²) in [6, 6.07) is -19.9. The van der Waals surface area contributed by atoms with Crippen molar-refractivity contribution in [1.82, 2.24) is 83.2 Å². The monoisotopic (exact) mass is 1670 g/mol. The Morgan fingerprint density at radius 3 is 1.52 bits per heavy atom. The zero-order valence-electron chi connectivity index (χ0n) is 67.2. The number of nitrogens with two attached hydrogens (primary N) is 6. The van der Waals surface area contributed by atoms with Gasteiger partial charge in [-0.05, 0) is 128 Å². The third-order valence-electron chi connectivity index (χ3n) is 20.0. The van der Waals surface area contributed by atoms with Crippen LogP contribution in [-0.4, -0.2) is 306 Å². The van der Waals surface area contributed by atoms with Gasteiger partial charge in [-0.2, -0.15) is 0 Å². The molecule has 3 aliphatic heterocycles. The lowest BCUT2D eigenvalue weighted by molar-refractivity contribution is -0.148. The number of carboxylic acids is 3. The predicted molar refractivity (Wildman–Crippen MR) is 420 cm³/mol. The Morgan fingerprint density at radius 1 is 0.517 bits per heavy atom. The van der Waals surface area contributed by atoms with E-state index in [9.17, 15) is 102 Å². The molecule has 15 atom stereocenters. The number of rotatable bonds is 52. The molecule has 660 valence electrons. The van der Waals surface area contributed by atoms with E-state index >= 15 is 0 Å². The number of carboxylic acid groups (broad SMARTS) is 3. The van der Waals surface area contributed by atoms with E-state index in [1.807, 2.05) is 0 Å². The second-order valence-corrected chi connectivity index (χ2v) is 29.7. The maximum atomic E-state index is 14.8. The highest BCUT2D eigenvalue weighted by Crippen LogP contribution is 2.27. The van der Waals surface area contributed by atoms with Crippen molar-refractivity contribution in [3.63, 3.8) is 0 Å². The second-order valence-electron chi connectivity index (χ2n) is 29.7. The van der Waals surface area contributed by atoms with E-state index in [0.29, 0.717) is 31.4 Å². The molecular weight excluding hydrogens is 1550 g/mol. The van der Waals surface area contributed by atoms with Crippen LogP contribution in [0.2, 0.25) is 0 Å². The summed E-state index contributed by atoms with van der Waals surface area (Å²) >= 11 is 0. The highest BCUT2D eigenvalue weighted by molar-refractivity contribution is 6.01. The first-order valence-electron chi connectivity index (χ1n) is 39.5. The molecule has 3 fully saturated rings. The third kappa shape index (κ3) is 32.6. The van der Waals surface area contributed by atoms with Gasteiger partial charge in [-0.25, -0.2) is 9.78 Å². The Hall–Kier alpha value is -11.4. The van der Waals surface area contributed by atoms with Crippen molar-refractivity contribution in [2.75, 3.05) is 59.0 Å². The van der Waals surface area contributed by atoms with Crippen LogP contribution < -0.4 is 92.9 Å². The molecule has 14 amide bonds. The lowest BCUT2D eigenvalue weighted by Gasteiger charge is -2.33.